The smallest absolute Gasteiger partial charge is 0.229 e. The summed E-state index contributed by atoms with van der Waals surface area (Å²) >= 11 is 0. The number of benzene rings is 1. The molecule has 0 bridgehead atoms. The van der Waals surface area contributed by atoms with E-state index in [1.165, 1.54) is 0 Å². The minimum absolute atomic E-state index is 0.207. The van der Waals surface area contributed by atoms with Crippen LogP contribution in [-0.2, 0) is 16.1 Å². The topological polar surface area (TPSA) is 76.7 Å². The van der Waals surface area contributed by atoms with Gasteiger partial charge >= 0.3 is 0 Å². The average Bonchev–Trinajstić information content (AvgIpc) is 2.50. The molecule has 21 heavy (non-hydrogen) atoms. The standard InChI is InChI=1S/C15H20N2O4/c1-4-7-16-14(18)9-15(19)17-10-11-5-6-12(20-2)13(8-11)21-3/h4-6,8H,1,7,9-10H2,2-3H3,(H,16,18)(H,17,19). The van der Waals surface area contributed by atoms with Crippen LogP contribution < -0.4 is 20.1 Å². The SMILES string of the molecule is C=CCNC(=O)CC(=O)NCc1ccc(OC)c(OC)c1. The predicted molar refractivity (Wildman–Crippen MR) is 79.2 cm³/mol. The Kier molecular flexibility index (Phi) is 6.80. The number of hydrogen-bond acceptors (Lipinski definition) is 4. The molecule has 0 spiro atoms. The van der Waals surface area contributed by atoms with E-state index in [-0.39, 0.29) is 18.2 Å². The molecule has 2 amide bonds. The van der Waals surface area contributed by atoms with Crippen LogP contribution in [0.1, 0.15) is 12.0 Å². The van der Waals surface area contributed by atoms with E-state index in [0.29, 0.717) is 24.6 Å². The lowest BCUT2D eigenvalue weighted by Gasteiger charge is -2.10. The first-order chi connectivity index (χ1) is 10.1. The van der Waals surface area contributed by atoms with Gasteiger partial charge in [-0.2, -0.15) is 0 Å². The molecule has 6 nitrogen and oxygen atoms in total. The van der Waals surface area contributed by atoms with Crippen LogP contribution in [0.3, 0.4) is 0 Å². The summed E-state index contributed by atoms with van der Waals surface area (Å²) in [6.07, 6.45) is 1.35. The molecular formula is C15H20N2O4. The number of amides is 2. The molecule has 0 aliphatic heterocycles. The van der Waals surface area contributed by atoms with Gasteiger partial charge in [0.05, 0.1) is 14.2 Å². The minimum atomic E-state index is -0.341. The number of methoxy groups -OCH3 is 2. The van der Waals surface area contributed by atoms with Crippen LogP contribution in [0.25, 0.3) is 0 Å². The maximum absolute atomic E-state index is 11.6. The highest BCUT2D eigenvalue weighted by Crippen LogP contribution is 2.27. The molecule has 1 aromatic carbocycles. The maximum Gasteiger partial charge on any atom is 0.229 e. The van der Waals surface area contributed by atoms with Crippen molar-refractivity contribution in [1.29, 1.82) is 0 Å². The highest BCUT2D eigenvalue weighted by atomic mass is 16.5. The molecule has 0 heterocycles. The van der Waals surface area contributed by atoms with E-state index >= 15 is 0 Å². The van der Waals surface area contributed by atoms with Gasteiger partial charge in [0.2, 0.25) is 11.8 Å². The molecule has 0 saturated heterocycles. The summed E-state index contributed by atoms with van der Waals surface area (Å²) in [6, 6.07) is 5.35. The molecule has 0 unspecified atom stereocenters. The van der Waals surface area contributed by atoms with E-state index < -0.39 is 0 Å². The zero-order chi connectivity index (χ0) is 15.7. The molecule has 1 aromatic rings. The predicted octanol–water partition coefficient (Wildman–Crippen LogP) is 1.01. The van der Waals surface area contributed by atoms with Crippen molar-refractivity contribution in [1.82, 2.24) is 10.6 Å². The fourth-order valence-corrected chi connectivity index (χ4v) is 1.65. The second-order valence-corrected chi connectivity index (χ2v) is 4.24. The van der Waals surface area contributed by atoms with Crippen LogP contribution >= 0.6 is 0 Å². The van der Waals surface area contributed by atoms with Gasteiger partial charge < -0.3 is 20.1 Å². The van der Waals surface area contributed by atoms with Crippen LogP contribution in [0.2, 0.25) is 0 Å². The van der Waals surface area contributed by atoms with E-state index in [1.807, 2.05) is 6.07 Å². The molecule has 1 rings (SSSR count). The van der Waals surface area contributed by atoms with Crippen LogP contribution in [0.4, 0.5) is 0 Å². The Morgan fingerprint density at radius 3 is 2.43 bits per heavy atom. The highest BCUT2D eigenvalue weighted by molar-refractivity contribution is 5.96. The summed E-state index contributed by atoms with van der Waals surface area (Å²) in [5.74, 6) is 0.537. The van der Waals surface area contributed by atoms with Gasteiger partial charge in [-0.25, -0.2) is 0 Å². The molecular weight excluding hydrogens is 272 g/mol. The number of nitrogens with one attached hydrogen (secondary N) is 2. The molecule has 0 aliphatic rings. The summed E-state index contributed by atoms with van der Waals surface area (Å²) in [6.45, 7) is 4.14. The van der Waals surface area contributed by atoms with E-state index in [0.717, 1.165) is 5.56 Å². The van der Waals surface area contributed by atoms with Crippen LogP contribution in [0.15, 0.2) is 30.9 Å². The quantitative estimate of drug-likeness (QED) is 0.554. The van der Waals surface area contributed by atoms with Crippen molar-refractivity contribution in [3.63, 3.8) is 0 Å². The third-order valence-corrected chi connectivity index (χ3v) is 2.70. The van der Waals surface area contributed by atoms with Gasteiger partial charge in [-0.05, 0) is 17.7 Å². The van der Waals surface area contributed by atoms with Gasteiger partial charge in [-0.15, -0.1) is 6.58 Å². The molecule has 0 atom stereocenters. The Balaban J connectivity index is 2.49. The van der Waals surface area contributed by atoms with E-state index in [4.69, 9.17) is 9.47 Å². The van der Waals surface area contributed by atoms with Crippen molar-refractivity contribution in [2.75, 3.05) is 20.8 Å². The van der Waals surface area contributed by atoms with Crippen molar-refractivity contribution < 1.29 is 19.1 Å². The molecule has 0 radical (unpaired) electrons. The van der Waals surface area contributed by atoms with Crippen LogP contribution in [0, 0.1) is 0 Å². The Labute approximate surface area is 124 Å². The monoisotopic (exact) mass is 292 g/mol. The summed E-state index contributed by atoms with van der Waals surface area (Å²) in [4.78, 5) is 23.0. The lowest BCUT2D eigenvalue weighted by atomic mass is 10.2. The minimum Gasteiger partial charge on any atom is -0.493 e. The zero-order valence-corrected chi connectivity index (χ0v) is 12.3. The lowest BCUT2D eigenvalue weighted by molar-refractivity contribution is -0.129. The van der Waals surface area contributed by atoms with Gasteiger partial charge in [-0.3, -0.25) is 9.59 Å². The van der Waals surface area contributed by atoms with Gasteiger partial charge in [0.1, 0.15) is 6.42 Å². The van der Waals surface area contributed by atoms with Crippen LogP contribution in [0.5, 0.6) is 11.5 Å². The van der Waals surface area contributed by atoms with Gasteiger partial charge in [0, 0.05) is 13.1 Å². The Hall–Kier alpha value is -2.50. The first kappa shape index (κ1) is 16.6. The van der Waals surface area contributed by atoms with Crippen molar-refractivity contribution in [2.24, 2.45) is 0 Å². The van der Waals surface area contributed by atoms with Crippen molar-refractivity contribution in [2.45, 2.75) is 13.0 Å². The summed E-state index contributed by atoms with van der Waals surface area (Å²) in [5, 5.41) is 5.21. The van der Waals surface area contributed by atoms with E-state index in [9.17, 15) is 9.59 Å². The molecule has 0 aliphatic carbocycles. The molecule has 0 saturated carbocycles. The second-order valence-electron chi connectivity index (χ2n) is 4.24. The number of ether oxygens (including phenoxy) is 2. The third-order valence-electron chi connectivity index (χ3n) is 2.70. The molecule has 0 aromatic heterocycles. The maximum atomic E-state index is 11.6. The highest BCUT2D eigenvalue weighted by Gasteiger charge is 2.09. The van der Waals surface area contributed by atoms with Gasteiger partial charge in [0.15, 0.2) is 11.5 Å². The first-order valence-corrected chi connectivity index (χ1v) is 6.46. The third kappa shape index (κ3) is 5.56. The van der Waals surface area contributed by atoms with E-state index in [2.05, 4.69) is 17.2 Å². The normalized spacial score (nSPS) is 9.62. The van der Waals surface area contributed by atoms with Gasteiger partial charge in [0.25, 0.3) is 0 Å². The molecule has 0 fully saturated rings. The lowest BCUT2D eigenvalue weighted by Crippen LogP contribution is -2.31. The first-order valence-electron chi connectivity index (χ1n) is 6.46. The second kappa shape index (κ2) is 8.63. The van der Waals surface area contributed by atoms with Crippen molar-refractivity contribution >= 4 is 11.8 Å². The average molecular weight is 292 g/mol. The number of rotatable bonds is 8. The number of carbonyl (C=O) groups is 2. The largest absolute Gasteiger partial charge is 0.493 e. The summed E-state index contributed by atoms with van der Waals surface area (Å²) < 4.78 is 10.3. The van der Waals surface area contributed by atoms with Crippen LogP contribution in [-0.4, -0.2) is 32.6 Å². The van der Waals surface area contributed by atoms with E-state index in [1.54, 1.807) is 32.4 Å². The number of hydrogen-bond donors (Lipinski definition) is 2. The molecule has 2 N–H and O–H groups in total. The number of carbonyl (C=O) groups excluding carboxylic acids is 2. The van der Waals surface area contributed by atoms with Crippen molar-refractivity contribution in [3.8, 4) is 11.5 Å². The van der Waals surface area contributed by atoms with Crippen molar-refractivity contribution in [3.05, 3.63) is 36.4 Å². The summed E-state index contributed by atoms with van der Waals surface area (Å²) in [5.41, 5.74) is 0.854. The van der Waals surface area contributed by atoms with Gasteiger partial charge in [-0.1, -0.05) is 12.1 Å². The molecule has 114 valence electrons. The Morgan fingerprint density at radius 2 is 1.81 bits per heavy atom. The fraction of sp³-hybridized carbons (Fsp3) is 0.333. The zero-order valence-electron chi connectivity index (χ0n) is 12.3. The Morgan fingerprint density at radius 1 is 1.14 bits per heavy atom. The fourth-order valence-electron chi connectivity index (χ4n) is 1.65. The molecule has 6 heteroatoms. The summed E-state index contributed by atoms with van der Waals surface area (Å²) in [7, 11) is 3.10. The Bertz CT molecular complexity index is 514.